The molecule has 0 spiro atoms. The number of carbonyl (C=O) groups excluding carboxylic acids is 1. The van der Waals surface area contributed by atoms with Crippen molar-refractivity contribution in [3.8, 4) is 0 Å². The number of benzene rings is 1. The van der Waals surface area contributed by atoms with Crippen LogP contribution in [0.2, 0.25) is 0 Å². The van der Waals surface area contributed by atoms with Gasteiger partial charge in [0.05, 0.1) is 16.3 Å². The molecule has 1 aromatic carbocycles. The van der Waals surface area contributed by atoms with Crippen molar-refractivity contribution in [3.63, 3.8) is 0 Å². The Kier molecular flexibility index (Phi) is 3.82. The Balaban J connectivity index is 1.42. The van der Waals surface area contributed by atoms with E-state index < -0.39 is 0 Å². The lowest BCUT2D eigenvalue weighted by Crippen LogP contribution is -2.47. The summed E-state index contributed by atoms with van der Waals surface area (Å²) in [4.78, 5) is 31.9. The zero-order chi connectivity index (χ0) is 16.6. The number of amides is 1. The molecule has 1 amide bonds. The van der Waals surface area contributed by atoms with Crippen LogP contribution < -0.4 is 21.5 Å². The molecule has 2 aliphatic heterocycles. The maximum absolute atomic E-state index is 12.6. The second-order valence-corrected chi connectivity index (χ2v) is 6.65. The molecule has 0 aliphatic carbocycles. The number of H-pyrrole nitrogens is 1. The molecular weight excluding hydrogens is 306 g/mol. The van der Waals surface area contributed by atoms with Crippen LogP contribution in [-0.2, 0) is 11.2 Å². The highest BCUT2D eigenvalue weighted by Crippen LogP contribution is 2.34. The SMILES string of the molecule is O=C(NCCc1nc2ccccc2c(=O)[nH]1)C12CNCC1CNC2. The molecular formula is C17H21N5O2. The van der Waals surface area contributed by atoms with Gasteiger partial charge in [-0.15, -0.1) is 0 Å². The highest BCUT2D eigenvalue weighted by Gasteiger charge is 2.51. The van der Waals surface area contributed by atoms with Crippen LogP contribution in [0.3, 0.4) is 0 Å². The average molecular weight is 327 g/mol. The van der Waals surface area contributed by atoms with E-state index in [1.54, 1.807) is 6.07 Å². The van der Waals surface area contributed by atoms with Crippen molar-refractivity contribution < 1.29 is 4.79 Å². The van der Waals surface area contributed by atoms with Crippen molar-refractivity contribution in [2.45, 2.75) is 6.42 Å². The summed E-state index contributed by atoms with van der Waals surface area (Å²) in [5, 5.41) is 10.2. The van der Waals surface area contributed by atoms with Crippen LogP contribution in [0.15, 0.2) is 29.1 Å². The van der Waals surface area contributed by atoms with Gasteiger partial charge in [-0.05, 0) is 12.1 Å². The van der Waals surface area contributed by atoms with E-state index in [4.69, 9.17) is 0 Å². The van der Waals surface area contributed by atoms with Crippen LogP contribution in [0.4, 0.5) is 0 Å². The fourth-order valence-electron chi connectivity index (χ4n) is 3.82. The molecule has 0 unspecified atom stereocenters. The third-order valence-corrected chi connectivity index (χ3v) is 5.21. The highest BCUT2D eigenvalue weighted by molar-refractivity contribution is 5.84. The number of aromatic nitrogens is 2. The fraction of sp³-hybridized carbons (Fsp3) is 0.471. The van der Waals surface area contributed by atoms with Crippen molar-refractivity contribution in [2.75, 3.05) is 32.7 Å². The van der Waals surface area contributed by atoms with Crippen LogP contribution >= 0.6 is 0 Å². The van der Waals surface area contributed by atoms with E-state index in [-0.39, 0.29) is 16.9 Å². The Hall–Kier alpha value is -2.25. The summed E-state index contributed by atoms with van der Waals surface area (Å²) >= 11 is 0. The van der Waals surface area contributed by atoms with Crippen molar-refractivity contribution in [1.29, 1.82) is 0 Å². The molecule has 1 aromatic heterocycles. The van der Waals surface area contributed by atoms with Gasteiger partial charge >= 0.3 is 0 Å². The topological polar surface area (TPSA) is 98.9 Å². The Morgan fingerprint density at radius 1 is 1.25 bits per heavy atom. The minimum atomic E-state index is -0.329. The molecule has 24 heavy (non-hydrogen) atoms. The van der Waals surface area contributed by atoms with Crippen molar-refractivity contribution in [1.82, 2.24) is 25.9 Å². The first-order chi connectivity index (χ1) is 11.7. The van der Waals surface area contributed by atoms with Crippen LogP contribution in [0, 0.1) is 11.3 Å². The molecule has 0 radical (unpaired) electrons. The van der Waals surface area contributed by atoms with E-state index in [2.05, 4.69) is 25.9 Å². The fourth-order valence-corrected chi connectivity index (χ4v) is 3.82. The normalized spacial score (nSPS) is 25.8. The van der Waals surface area contributed by atoms with Gasteiger partial charge in [0.25, 0.3) is 5.56 Å². The molecule has 2 fully saturated rings. The standard InChI is InChI=1S/C17H21N5O2/c23-15-12-3-1-2-4-13(12)21-14(22-15)5-6-20-16(24)17-9-18-7-11(17)8-19-10-17/h1-4,11,18-19H,5-10H2,(H,20,24)(H,21,22,23). The summed E-state index contributed by atoms with van der Waals surface area (Å²) in [6.45, 7) is 3.69. The second-order valence-electron chi connectivity index (χ2n) is 6.65. The van der Waals surface area contributed by atoms with E-state index in [0.717, 1.165) is 26.2 Å². The number of hydrogen-bond acceptors (Lipinski definition) is 5. The third kappa shape index (κ3) is 2.50. The predicted molar refractivity (Wildman–Crippen MR) is 90.7 cm³/mol. The largest absolute Gasteiger partial charge is 0.355 e. The summed E-state index contributed by atoms with van der Waals surface area (Å²) in [6.07, 6.45) is 0.507. The third-order valence-electron chi connectivity index (χ3n) is 5.21. The maximum atomic E-state index is 12.6. The number of nitrogens with zero attached hydrogens (tertiary/aromatic N) is 1. The van der Waals surface area contributed by atoms with Gasteiger partial charge in [0, 0.05) is 45.1 Å². The summed E-state index contributed by atoms with van der Waals surface area (Å²) in [5.41, 5.74) is 0.214. The zero-order valence-electron chi connectivity index (χ0n) is 13.4. The molecule has 0 saturated carbocycles. The molecule has 0 atom stereocenters. The second kappa shape index (κ2) is 5.99. The first-order valence-corrected chi connectivity index (χ1v) is 8.37. The van der Waals surface area contributed by atoms with Gasteiger partial charge in [-0.2, -0.15) is 0 Å². The monoisotopic (exact) mass is 327 g/mol. The lowest BCUT2D eigenvalue weighted by Gasteiger charge is -2.25. The number of aromatic amines is 1. The van der Waals surface area contributed by atoms with Crippen molar-refractivity contribution in [3.05, 3.63) is 40.4 Å². The van der Waals surface area contributed by atoms with Crippen LogP contribution in [0.1, 0.15) is 5.82 Å². The van der Waals surface area contributed by atoms with Gasteiger partial charge in [0.2, 0.25) is 5.91 Å². The lowest BCUT2D eigenvalue weighted by atomic mass is 9.80. The average Bonchev–Trinajstić information content (AvgIpc) is 3.15. The zero-order valence-corrected chi connectivity index (χ0v) is 13.4. The number of nitrogens with one attached hydrogen (secondary N) is 4. The molecule has 7 nitrogen and oxygen atoms in total. The number of para-hydroxylation sites is 1. The summed E-state index contributed by atoms with van der Waals surface area (Å²) in [6, 6.07) is 7.26. The molecule has 7 heteroatoms. The van der Waals surface area contributed by atoms with E-state index in [9.17, 15) is 9.59 Å². The first kappa shape index (κ1) is 15.3. The van der Waals surface area contributed by atoms with E-state index >= 15 is 0 Å². The van der Waals surface area contributed by atoms with Gasteiger partial charge < -0.3 is 20.9 Å². The summed E-state index contributed by atoms with van der Waals surface area (Å²) in [7, 11) is 0. The number of hydrogen-bond donors (Lipinski definition) is 4. The molecule has 126 valence electrons. The molecule has 4 rings (SSSR count). The molecule has 3 heterocycles. The van der Waals surface area contributed by atoms with Gasteiger partial charge in [0.15, 0.2) is 0 Å². The molecule has 2 aromatic rings. The van der Waals surface area contributed by atoms with Crippen LogP contribution in [0.5, 0.6) is 0 Å². The van der Waals surface area contributed by atoms with Gasteiger partial charge in [-0.1, -0.05) is 12.1 Å². The minimum Gasteiger partial charge on any atom is -0.355 e. The van der Waals surface area contributed by atoms with E-state index in [1.165, 1.54) is 0 Å². The predicted octanol–water partition coefficient (Wildman–Crippen LogP) is -0.609. The van der Waals surface area contributed by atoms with E-state index in [1.807, 2.05) is 18.2 Å². The first-order valence-electron chi connectivity index (χ1n) is 8.37. The number of fused-ring (bicyclic) bond motifs is 2. The summed E-state index contributed by atoms with van der Waals surface area (Å²) in [5.74, 6) is 1.05. The highest BCUT2D eigenvalue weighted by atomic mass is 16.2. The Morgan fingerprint density at radius 3 is 2.79 bits per heavy atom. The van der Waals surface area contributed by atoms with Gasteiger partial charge in [-0.25, -0.2) is 4.98 Å². The van der Waals surface area contributed by atoms with Crippen molar-refractivity contribution >= 4 is 16.8 Å². The quantitative estimate of drug-likeness (QED) is 0.601. The molecule has 2 saturated heterocycles. The van der Waals surface area contributed by atoms with Crippen LogP contribution in [0.25, 0.3) is 10.9 Å². The Labute approximate surface area is 139 Å². The molecule has 2 aliphatic rings. The lowest BCUT2D eigenvalue weighted by molar-refractivity contribution is -0.130. The van der Waals surface area contributed by atoms with Gasteiger partial charge in [-0.3, -0.25) is 9.59 Å². The number of carbonyl (C=O) groups is 1. The minimum absolute atomic E-state index is 0.0886. The van der Waals surface area contributed by atoms with Gasteiger partial charge in [0.1, 0.15) is 5.82 Å². The van der Waals surface area contributed by atoms with E-state index in [0.29, 0.717) is 35.6 Å². The maximum Gasteiger partial charge on any atom is 0.258 e. The van der Waals surface area contributed by atoms with Crippen molar-refractivity contribution in [2.24, 2.45) is 11.3 Å². The molecule has 0 bridgehead atoms. The number of rotatable bonds is 4. The van der Waals surface area contributed by atoms with Crippen LogP contribution in [-0.4, -0.2) is 48.6 Å². The summed E-state index contributed by atoms with van der Waals surface area (Å²) < 4.78 is 0. The smallest absolute Gasteiger partial charge is 0.258 e. The molecule has 4 N–H and O–H groups in total. The Bertz CT molecular complexity index is 821. The Morgan fingerprint density at radius 2 is 2.00 bits per heavy atom.